The first-order chi connectivity index (χ1) is 27.4. The lowest BCUT2D eigenvalue weighted by atomic mass is 9.87. The predicted molar refractivity (Wildman–Crippen MR) is 252 cm³/mol. The van der Waals surface area contributed by atoms with E-state index in [0.717, 1.165) is 56.8 Å². The monoisotopic (exact) mass is 785 g/mol. The van der Waals surface area contributed by atoms with Crippen molar-refractivity contribution in [1.29, 1.82) is 0 Å². The van der Waals surface area contributed by atoms with Crippen molar-refractivity contribution in [3.63, 3.8) is 0 Å². The molecular formula is C54H104O2. The van der Waals surface area contributed by atoms with Gasteiger partial charge in [0, 0.05) is 12.8 Å². The summed E-state index contributed by atoms with van der Waals surface area (Å²) in [5, 5.41) is 0. The Morgan fingerprint density at radius 1 is 0.321 bits per heavy atom. The highest BCUT2D eigenvalue weighted by Crippen LogP contribution is 2.22. The minimum atomic E-state index is -0.323. The Morgan fingerprint density at radius 3 is 0.875 bits per heavy atom. The SMILES string of the molecule is CCCCCCCC/C=C\CCCCCCCC(C(=O)CCCCCCCCCCCCCCC(C)C)C(=O)CCCCCCCCCCCCCCC(C)C. The van der Waals surface area contributed by atoms with Crippen molar-refractivity contribution in [3.8, 4) is 0 Å². The van der Waals surface area contributed by atoms with E-state index in [1.165, 1.54) is 212 Å². The number of Topliss-reactive ketones (excluding diaryl/α,β-unsaturated/α-hetero) is 2. The first kappa shape index (κ1) is 55.1. The predicted octanol–water partition coefficient (Wildman–Crippen LogP) is 19.0. The molecule has 56 heavy (non-hydrogen) atoms. The molecule has 0 aromatic heterocycles. The topological polar surface area (TPSA) is 34.1 Å². The molecule has 0 saturated carbocycles. The van der Waals surface area contributed by atoms with Gasteiger partial charge in [0.25, 0.3) is 0 Å². The Hall–Kier alpha value is -0.920. The van der Waals surface area contributed by atoms with Crippen molar-refractivity contribution >= 4 is 11.6 Å². The van der Waals surface area contributed by atoms with Gasteiger partial charge < -0.3 is 0 Å². The van der Waals surface area contributed by atoms with E-state index < -0.39 is 0 Å². The van der Waals surface area contributed by atoms with Crippen molar-refractivity contribution in [2.45, 2.75) is 304 Å². The Kier molecular flexibility index (Phi) is 44.4. The molecule has 2 nitrogen and oxygen atoms in total. The molecule has 2 heteroatoms. The summed E-state index contributed by atoms with van der Waals surface area (Å²) in [6, 6.07) is 0. The van der Waals surface area contributed by atoms with Gasteiger partial charge in [-0.25, -0.2) is 0 Å². The number of ketones is 2. The van der Waals surface area contributed by atoms with E-state index in [9.17, 15) is 9.59 Å². The van der Waals surface area contributed by atoms with Gasteiger partial charge in [0.05, 0.1) is 5.92 Å². The number of unbranched alkanes of at least 4 members (excludes halogenated alkanes) is 33. The van der Waals surface area contributed by atoms with Crippen LogP contribution in [0, 0.1) is 17.8 Å². The molecule has 0 aromatic rings. The van der Waals surface area contributed by atoms with Crippen LogP contribution in [0.15, 0.2) is 12.2 Å². The second kappa shape index (κ2) is 45.2. The lowest BCUT2D eigenvalue weighted by Crippen LogP contribution is -2.24. The van der Waals surface area contributed by atoms with Gasteiger partial charge in [-0.15, -0.1) is 0 Å². The average Bonchev–Trinajstić information content (AvgIpc) is 3.17. The number of hydrogen-bond acceptors (Lipinski definition) is 2. The number of allylic oxidation sites excluding steroid dienone is 2. The van der Waals surface area contributed by atoms with Gasteiger partial charge >= 0.3 is 0 Å². The fraction of sp³-hybridized carbons (Fsp3) is 0.926. The zero-order valence-corrected chi connectivity index (χ0v) is 39.4. The summed E-state index contributed by atoms with van der Waals surface area (Å²) in [5.41, 5.74) is 0. The maximum Gasteiger partial charge on any atom is 0.143 e. The van der Waals surface area contributed by atoms with Gasteiger partial charge in [0.1, 0.15) is 11.6 Å². The summed E-state index contributed by atoms with van der Waals surface area (Å²) >= 11 is 0. The second-order valence-corrected chi connectivity index (χ2v) is 19.2. The van der Waals surface area contributed by atoms with Crippen molar-refractivity contribution in [1.82, 2.24) is 0 Å². The molecule has 0 atom stereocenters. The lowest BCUT2D eigenvalue weighted by molar-refractivity contribution is -0.133. The molecule has 0 N–H and O–H groups in total. The van der Waals surface area contributed by atoms with E-state index in [-0.39, 0.29) is 17.5 Å². The van der Waals surface area contributed by atoms with Crippen molar-refractivity contribution < 1.29 is 9.59 Å². The third kappa shape index (κ3) is 42.7. The number of rotatable bonds is 47. The molecule has 0 bridgehead atoms. The maximum absolute atomic E-state index is 13.4. The van der Waals surface area contributed by atoms with Crippen LogP contribution < -0.4 is 0 Å². The van der Waals surface area contributed by atoms with E-state index >= 15 is 0 Å². The van der Waals surface area contributed by atoms with E-state index in [1.807, 2.05) is 0 Å². The van der Waals surface area contributed by atoms with Crippen LogP contribution in [0.5, 0.6) is 0 Å². The van der Waals surface area contributed by atoms with Crippen molar-refractivity contribution in [3.05, 3.63) is 12.2 Å². The van der Waals surface area contributed by atoms with Crippen LogP contribution in [-0.4, -0.2) is 11.6 Å². The van der Waals surface area contributed by atoms with Crippen LogP contribution in [0.3, 0.4) is 0 Å². The molecule has 0 unspecified atom stereocenters. The van der Waals surface area contributed by atoms with Crippen molar-refractivity contribution in [2.24, 2.45) is 17.8 Å². The zero-order chi connectivity index (χ0) is 41.0. The zero-order valence-electron chi connectivity index (χ0n) is 39.4. The molecule has 0 aliphatic rings. The summed E-state index contributed by atoms with van der Waals surface area (Å²) in [4.78, 5) is 26.9. The third-order valence-corrected chi connectivity index (χ3v) is 12.4. The summed E-state index contributed by atoms with van der Waals surface area (Å²) in [6.45, 7) is 11.6. The molecule has 0 aromatic carbocycles. The van der Waals surface area contributed by atoms with Gasteiger partial charge in [-0.1, -0.05) is 259 Å². The normalized spacial score (nSPS) is 12.0. The van der Waals surface area contributed by atoms with Gasteiger partial charge in [-0.2, -0.15) is 0 Å². The molecule has 0 aliphatic heterocycles. The summed E-state index contributed by atoms with van der Waals surface area (Å²) in [5.74, 6) is 1.91. The maximum atomic E-state index is 13.4. The molecule has 0 amide bonds. The van der Waals surface area contributed by atoms with Crippen LogP contribution in [0.25, 0.3) is 0 Å². The molecule has 0 saturated heterocycles. The molecule has 0 radical (unpaired) electrons. The number of hydrogen-bond donors (Lipinski definition) is 0. The first-order valence-corrected chi connectivity index (χ1v) is 26.1. The van der Waals surface area contributed by atoms with Gasteiger partial charge in [0.15, 0.2) is 0 Å². The van der Waals surface area contributed by atoms with Crippen LogP contribution in [0.2, 0.25) is 0 Å². The fourth-order valence-electron chi connectivity index (χ4n) is 8.51. The Balaban J connectivity index is 4.27. The molecule has 0 rings (SSSR count). The van der Waals surface area contributed by atoms with Gasteiger partial charge in [-0.05, 0) is 56.8 Å². The summed E-state index contributed by atoms with van der Waals surface area (Å²) < 4.78 is 0. The second-order valence-electron chi connectivity index (χ2n) is 19.2. The average molecular weight is 785 g/mol. The minimum absolute atomic E-state index is 0.263. The van der Waals surface area contributed by atoms with E-state index in [1.54, 1.807) is 0 Å². The highest BCUT2D eigenvalue weighted by Gasteiger charge is 2.24. The van der Waals surface area contributed by atoms with Crippen molar-refractivity contribution in [2.75, 3.05) is 0 Å². The van der Waals surface area contributed by atoms with Crippen LogP contribution in [-0.2, 0) is 9.59 Å². The highest BCUT2D eigenvalue weighted by atomic mass is 16.1. The van der Waals surface area contributed by atoms with E-state index in [4.69, 9.17) is 0 Å². The Morgan fingerprint density at radius 2 is 0.571 bits per heavy atom. The van der Waals surface area contributed by atoms with E-state index in [2.05, 4.69) is 46.8 Å². The Labute approximate surface area is 354 Å². The standard InChI is InChI=1S/C54H104O2/c1-6-7-8-9-10-11-12-13-14-15-22-27-32-37-42-47-52(53(55)48-43-38-33-28-23-18-16-20-25-30-35-40-45-50(2)3)54(56)49-44-39-34-29-24-19-17-21-26-31-36-41-46-51(4)5/h13-14,50-52H,6-12,15-49H2,1-5H3/b14-13-. The molecule has 0 fully saturated rings. The fourth-order valence-corrected chi connectivity index (χ4v) is 8.51. The summed E-state index contributed by atoms with van der Waals surface area (Å²) in [6.07, 6.45) is 57.9. The van der Waals surface area contributed by atoms with Crippen LogP contribution >= 0.6 is 0 Å². The molecule has 332 valence electrons. The molecular weight excluding hydrogens is 681 g/mol. The number of carbonyl (C=O) groups is 2. The molecule has 0 heterocycles. The number of carbonyl (C=O) groups excluding carboxylic acids is 2. The van der Waals surface area contributed by atoms with E-state index in [0.29, 0.717) is 12.8 Å². The van der Waals surface area contributed by atoms with Gasteiger partial charge in [-0.3, -0.25) is 9.59 Å². The summed E-state index contributed by atoms with van der Waals surface area (Å²) in [7, 11) is 0. The lowest BCUT2D eigenvalue weighted by Gasteiger charge is -2.15. The largest absolute Gasteiger partial charge is 0.299 e. The quantitative estimate of drug-likeness (QED) is 0.0350. The van der Waals surface area contributed by atoms with Crippen LogP contribution in [0.4, 0.5) is 0 Å². The first-order valence-electron chi connectivity index (χ1n) is 26.1. The minimum Gasteiger partial charge on any atom is -0.299 e. The smallest absolute Gasteiger partial charge is 0.143 e. The van der Waals surface area contributed by atoms with Crippen LogP contribution in [0.1, 0.15) is 304 Å². The highest BCUT2D eigenvalue weighted by molar-refractivity contribution is 6.02. The third-order valence-electron chi connectivity index (χ3n) is 12.4. The molecule has 0 spiro atoms. The Bertz CT molecular complexity index is 776. The molecule has 0 aliphatic carbocycles. The van der Waals surface area contributed by atoms with Gasteiger partial charge in [0.2, 0.25) is 0 Å².